The number of carbonyl (C=O) groups excluding carboxylic acids is 1. The van der Waals surface area contributed by atoms with Crippen LogP contribution in [0.15, 0.2) is 12.1 Å². The lowest BCUT2D eigenvalue weighted by molar-refractivity contribution is -0.0387. The van der Waals surface area contributed by atoms with Gasteiger partial charge in [-0.25, -0.2) is 10.8 Å². The van der Waals surface area contributed by atoms with Crippen molar-refractivity contribution >= 4 is 11.7 Å². The molecule has 6 nitrogen and oxygen atoms in total. The van der Waals surface area contributed by atoms with Gasteiger partial charge in [0.1, 0.15) is 5.82 Å². The molecule has 0 spiro atoms. The molecular formula is C15H24N4O2. The highest BCUT2D eigenvalue weighted by atomic mass is 16.5. The van der Waals surface area contributed by atoms with Crippen molar-refractivity contribution in [1.82, 2.24) is 9.88 Å². The summed E-state index contributed by atoms with van der Waals surface area (Å²) in [6, 6.07) is 3.64. The maximum atomic E-state index is 12.8. The largest absolute Gasteiger partial charge is 0.375 e. The number of hydrogen-bond donors (Lipinski definition) is 2. The number of ether oxygens (including phenoxy) is 1. The molecule has 116 valence electrons. The molecule has 1 fully saturated rings. The van der Waals surface area contributed by atoms with E-state index in [0.29, 0.717) is 24.5 Å². The van der Waals surface area contributed by atoms with Gasteiger partial charge in [0.2, 0.25) is 0 Å². The minimum Gasteiger partial charge on any atom is -0.375 e. The second-order valence-corrected chi connectivity index (χ2v) is 5.58. The van der Waals surface area contributed by atoms with Crippen molar-refractivity contribution in [3.05, 3.63) is 23.4 Å². The number of anilines is 1. The van der Waals surface area contributed by atoms with Gasteiger partial charge in [0.15, 0.2) is 0 Å². The molecule has 21 heavy (non-hydrogen) atoms. The summed E-state index contributed by atoms with van der Waals surface area (Å²) in [5.74, 6) is 5.99. The molecule has 0 aromatic carbocycles. The van der Waals surface area contributed by atoms with Gasteiger partial charge >= 0.3 is 0 Å². The summed E-state index contributed by atoms with van der Waals surface area (Å²) >= 11 is 0. The molecule has 0 saturated carbocycles. The fourth-order valence-electron chi connectivity index (χ4n) is 2.52. The maximum absolute atomic E-state index is 12.8. The molecule has 1 aromatic heterocycles. The van der Waals surface area contributed by atoms with E-state index >= 15 is 0 Å². The van der Waals surface area contributed by atoms with E-state index in [-0.39, 0.29) is 18.1 Å². The van der Waals surface area contributed by atoms with Crippen LogP contribution in [0.5, 0.6) is 0 Å². The molecule has 1 saturated heterocycles. The van der Waals surface area contributed by atoms with Gasteiger partial charge < -0.3 is 15.1 Å². The molecule has 2 rings (SSSR count). The summed E-state index contributed by atoms with van der Waals surface area (Å²) in [5, 5.41) is 0. The van der Waals surface area contributed by atoms with Gasteiger partial charge in [-0.3, -0.25) is 4.79 Å². The lowest BCUT2D eigenvalue weighted by atomic mass is 10.1. The lowest BCUT2D eigenvalue weighted by Gasteiger charge is -2.37. The van der Waals surface area contributed by atoms with Crippen molar-refractivity contribution < 1.29 is 9.53 Å². The summed E-state index contributed by atoms with van der Waals surface area (Å²) in [5.41, 5.74) is 4.04. The van der Waals surface area contributed by atoms with E-state index in [2.05, 4.69) is 17.3 Å². The van der Waals surface area contributed by atoms with Gasteiger partial charge in [0.25, 0.3) is 5.91 Å². The van der Waals surface area contributed by atoms with Gasteiger partial charge in [-0.15, -0.1) is 0 Å². The highest BCUT2D eigenvalue weighted by molar-refractivity contribution is 5.95. The fraction of sp³-hybridized carbons (Fsp3) is 0.600. The number of aromatic nitrogens is 1. The van der Waals surface area contributed by atoms with Crippen molar-refractivity contribution in [2.75, 3.05) is 18.6 Å². The number of nitrogens with zero attached hydrogens (tertiary/aromatic N) is 2. The number of nitrogens with one attached hydrogen (secondary N) is 1. The summed E-state index contributed by atoms with van der Waals surface area (Å²) in [7, 11) is 0. The quantitative estimate of drug-likeness (QED) is 0.650. The number of carbonyl (C=O) groups is 1. The second-order valence-electron chi connectivity index (χ2n) is 5.58. The van der Waals surface area contributed by atoms with E-state index in [4.69, 9.17) is 10.6 Å². The molecule has 2 heterocycles. The number of pyridine rings is 1. The van der Waals surface area contributed by atoms with Gasteiger partial charge in [-0.1, -0.05) is 13.3 Å². The minimum atomic E-state index is 0.00824. The summed E-state index contributed by atoms with van der Waals surface area (Å²) in [6.07, 6.45) is 1.86. The summed E-state index contributed by atoms with van der Waals surface area (Å²) in [4.78, 5) is 19.0. The minimum absolute atomic E-state index is 0.00824. The Bertz CT molecular complexity index is 506. The first-order valence-corrected chi connectivity index (χ1v) is 7.45. The number of nitrogen functional groups attached to an aromatic ring is 1. The Hall–Kier alpha value is -1.66. The maximum Gasteiger partial charge on any atom is 0.254 e. The first-order valence-electron chi connectivity index (χ1n) is 7.45. The Morgan fingerprint density at radius 2 is 2.29 bits per heavy atom. The number of nitrogens with two attached hydrogens (primary N) is 1. The zero-order chi connectivity index (χ0) is 15.4. The number of hydrogen-bond acceptors (Lipinski definition) is 5. The molecule has 0 radical (unpaired) electrons. The van der Waals surface area contributed by atoms with E-state index < -0.39 is 0 Å². The van der Waals surface area contributed by atoms with Crippen molar-refractivity contribution in [3.8, 4) is 0 Å². The monoisotopic (exact) mass is 292 g/mol. The Morgan fingerprint density at radius 1 is 1.52 bits per heavy atom. The molecule has 1 amide bonds. The van der Waals surface area contributed by atoms with E-state index in [9.17, 15) is 4.79 Å². The molecule has 6 heteroatoms. The SMILES string of the molecule is CCCc1cc(C(=O)N2CC(C)OCC2C)cc(NN)n1. The van der Waals surface area contributed by atoms with E-state index in [1.54, 1.807) is 6.07 Å². The van der Waals surface area contributed by atoms with E-state index in [0.717, 1.165) is 18.5 Å². The van der Waals surface area contributed by atoms with Crippen LogP contribution in [0.4, 0.5) is 5.82 Å². The van der Waals surface area contributed by atoms with Crippen LogP contribution in [-0.2, 0) is 11.2 Å². The third kappa shape index (κ3) is 3.71. The lowest BCUT2D eigenvalue weighted by Crippen LogP contribution is -2.50. The molecule has 2 atom stereocenters. The number of rotatable bonds is 4. The van der Waals surface area contributed by atoms with Crippen molar-refractivity contribution in [1.29, 1.82) is 0 Å². The zero-order valence-corrected chi connectivity index (χ0v) is 12.9. The number of amides is 1. The smallest absolute Gasteiger partial charge is 0.254 e. The Morgan fingerprint density at radius 3 is 2.95 bits per heavy atom. The molecule has 1 aromatic rings. The number of aryl methyl sites for hydroxylation is 1. The Balaban J connectivity index is 2.26. The topological polar surface area (TPSA) is 80.5 Å². The third-order valence-corrected chi connectivity index (χ3v) is 3.65. The van der Waals surface area contributed by atoms with Crippen LogP contribution in [0.3, 0.4) is 0 Å². The van der Waals surface area contributed by atoms with Crippen LogP contribution in [0.2, 0.25) is 0 Å². The predicted molar refractivity (Wildman–Crippen MR) is 82.0 cm³/mol. The van der Waals surface area contributed by atoms with E-state index in [1.165, 1.54) is 0 Å². The summed E-state index contributed by atoms with van der Waals surface area (Å²) in [6.45, 7) is 7.24. The molecule has 0 aliphatic carbocycles. The normalized spacial score (nSPS) is 22.2. The zero-order valence-electron chi connectivity index (χ0n) is 12.9. The van der Waals surface area contributed by atoms with E-state index in [1.807, 2.05) is 24.8 Å². The number of morpholine rings is 1. The number of hydrazine groups is 1. The first-order chi connectivity index (χ1) is 10.0. The Kier molecular flexibility index (Phi) is 5.14. The Labute approximate surface area is 125 Å². The fourth-order valence-corrected chi connectivity index (χ4v) is 2.52. The molecule has 1 aliphatic heterocycles. The van der Waals surface area contributed by atoms with Crippen LogP contribution in [0.1, 0.15) is 43.2 Å². The molecule has 3 N–H and O–H groups in total. The molecule has 0 bridgehead atoms. The van der Waals surface area contributed by atoms with Crippen LogP contribution in [0.25, 0.3) is 0 Å². The van der Waals surface area contributed by atoms with Crippen LogP contribution in [0, 0.1) is 0 Å². The first kappa shape index (κ1) is 15.7. The second kappa shape index (κ2) is 6.87. The summed E-state index contributed by atoms with van der Waals surface area (Å²) < 4.78 is 5.57. The standard InChI is InChI=1S/C15H24N4O2/c1-4-5-13-6-12(7-14(17-13)18-16)15(20)19-8-11(3)21-9-10(19)2/h6-7,10-11H,4-5,8-9,16H2,1-3H3,(H,17,18). The van der Waals surface area contributed by atoms with Crippen LogP contribution >= 0.6 is 0 Å². The van der Waals surface area contributed by atoms with Crippen molar-refractivity contribution in [2.24, 2.45) is 5.84 Å². The van der Waals surface area contributed by atoms with Gasteiger partial charge in [-0.05, 0) is 32.4 Å². The van der Waals surface area contributed by atoms with Crippen molar-refractivity contribution in [3.63, 3.8) is 0 Å². The average molecular weight is 292 g/mol. The van der Waals surface area contributed by atoms with Crippen LogP contribution in [-0.4, -0.2) is 41.1 Å². The third-order valence-electron chi connectivity index (χ3n) is 3.65. The van der Waals surface area contributed by atoms with Gasteiger partial charge in [0, 0.05) is 17.8 Å². The molecular weight excluding hydrogens is 268 g/mol. The molecule has 2 unspecified atom stereocenters. The van der Waals surface area contributed by atoms with Gasteiger partial charge in [-0.2, -0.15) is 0 Å². The average Bonchev–Trinajstić information content (AvgIpc) is 2.49. The van der Waals surface area contributed by atoms with Crippen molar-refractivity contribution in [2.45, 2.75) is 45.8 Å². The van der Waals surface area contributed by atoms with Crippen LogP contribution < -0.4 is 11.3 Å². The predicted octanol–water partition coefficient (Wildman–Crippen LogP) is 1.57. The molecule has 1 aliphatic rings. The highest BCUT2D eigenvalue weighted by Crippen LogP contribution is 2.18. The highest BCUT2D eigenvalue weighted by Gasteiger charge is 2.28. The van der Waals surface area contributed by atoms with Gasteiger partial charge in [0.05, 0.1) is 18.8 Å².